The van der Waals surface area contributed by atoms with Gasteiger partial charge in [-0.15, -0.1) is 0 Å². The number of amides is 1. The molecule has 0 saturated carbocycles. The second-order valence-electron chi connectivity index (χ2n) is 4.82. The summed E-state index contributed by atoms with van der Waals surface area (Å²) in [5, 5.41) is 3.03. The van der Waals surface area contributed by atoms with E-state index < -0.39 is 0 Å². The van der Waals surface area contributed by atoms with Crippen LogP contribution in [0.25, 0.3) is 0 Å². The Kier molecular flexibility index (Phi) is 8.44. The Morgan fingerprint density at radius 2 is 1.93 bits per heavy atom. The third-order valence-electron chi connectivity index (χ3n) is 2.72. The second-order valence-corrected chi connectivity index (χ2v) is 4.82. The monoisotopic (exact) mass is 213 g/mol. The fraction of sp³-hybridized carbons (Fsp3) is 0.923. The molecule has 0 aromatic carbocycles. The average Bonchev–Trinajstić information content (AvgIpc) is 2.17. The van der Waals surface area contributed by atoms with Crippen LogP contribution in [0.1, 0.15) is 59.8 Å². The summed E-state index contributed by atoms with van der Waals surface area (Å²) in [6, 6.07) is 0. The molecule has 0 fully saturated rings. The molecule has 1 amide bonds. The summed E-state index contributed by atoms with van der Waals surface area (Å²) in [6.45, 7) is 9.43. The van der Waals surface area contributed by atoms with E-state index in [1.807, 2.05) is 0 Å². The van der Waals surface area contributed by atoms with Gasteiger partial charge in [0.25, 0.3) is 0 Å². The predicted molar refractivity (Wildman–Crippen MR) is 65.8 cm³/mol. The van der Waals surface area contributed by atoms with Gasteiger partial charge in [-0.2, -0.15) is 0 Å². The van der Waals surface area contributed by atoms with E-state index in [1.165, 1.54) is 25.7 Å². The van der Waals surface area contributed by atoms with E-state index in [-0.39, 0.29) is 5.91 Å². The van der Waals surface area contributed by atoms with Crippen LogP contribution in [0.15, 0.2) is 0 Å². The van der Waals surface area contributed by atoms with Gasteiger partial charge in [0, 0.05) is 13.0 Å². The summed E-state index contributed by atoms with van der Waals surface area (Å²) in [7, 11) is 0. The van der Waals surface area contributed by atoms with E-state index in [0.717, 1.165) is 6.54 Å². The van der Waals surface area contributed by atoms with Crippen LogP contribution in [0.2, 0.25) is 0 Å². The highest BCUT2D eigenvalue weighted by Gasteiger charge is 2.09. The molecule has 1 unspecified atom stereocenters. The third kappa shape index (κ3) is 8.46. The summed E-state index contributed by atoms with van der Waals surface area (Å²) in [6.07, 6.45) is 5.59. The summed E-state index contributed by atoms with van der Waals surface area (Å²) < 4.78 is 0. The van der Waals surface area contributed by atoms with Gasteiger partial charge in [0.15, 0.2) is 0 Å². The highest BCUT2D eigenvalue weighted by atomic mass is 16.1. The van der Waals surface area contributed by atoms with E-state index in [0.29, 0.717) is 18.3 Å². The summed E-state index contributed by atoms with van der Waals surface area (Å²) in [5.41, 5.74) is 0. The number of unbranched alkanes of at least 4 members (excludes halogenated alkanes) is 1. The van der Waals surface area contributed by atoms with Gasteiger partial charge in [0.05, 0.1) is 0 Å². The standard InChI is InChI=1S/C13H27NO/c1-5-7-8-12(6-2)10-14-13(15)9-11(3)4/h11-12H,5-10H2,1-4H3,(H,14,15). The lowest BCUT2D eigenvalue weighted by Crippen LogP contribution is -2.29. The molecule has 0 bridgehead atoms. The van der Waals surface area contributed by atoms with Gasteiger partial charge in [-0.3, -0.25) is 4.79 Å². The van der Waals surface area contributed by atoms with E-state index in [1.54, 1.807) is 0 Å². The van der Waals surface area contributed by atoms with Crippen LogP contribution >= 0.6 is 0 Å². The van der Waals surface area contributed by atoms with Gasteiger partial charge in [-0.25, -0.2) is 0 Å². The minimum absolute atomic E-state index is 0.208. The molecule has 2 heteroatoms. The molecular formula is C13H27NO. The molecule has 1 N–H and O–H groups in total. The second kappa shape index (κ2) is 8.75. The topological polar surface area (TPSA) is 29.1 Å². The first kappa shape index (κ1) is 14.5. The van der Waals surface area contributed by atoms with Crippen LogP contribution in [0.4, 0.5) is 0 Å². The van der Waals surface area contributed by atoms with Crippen LogP contribution < -0.4 is 5.32 Å². The highest BCUT2D eigenvalue weighted by molar-refractivity contribution is 5.76. The first-order chi connectivity index (χ1) is 7.10. The first-order valence-electron chi connectivity index (χ1n) is 6.36. The molecular weight excluding hydrogens is 186 g/mol. The van der Waals surface area contributed by atoms with Crippen molar-refractivity contribution in [2.75, 3.05) is 6.54 Å². The maximum Gasteiger partial charge on any atom is 0.220 e. The van der Waals surface area contributed by atoms with Gasteiger partial charge in [-0.05, 0) is 18.3 Å². The van der Waals surface area contributed by atoms with Crippen molar-refractivity contribution >= 4 is 5.91 Å². The van der Waals surface area contributed by atoms with Crippen LogP contribution in [0.5, 0.6) is 0 Å². The Bertz CT molecular complexity index is 166. The van der Waals surface area contributed by atoms with Gasteiger partial charge >= 0.3 is 0 Å². The molecule has 15 heavy (non-hydrogen) atoms. The summed E-state index contributed by atoms with van der Waals surface area (Å²) in [5.74, 6) is 1.33. The zero-order valence-corrected chi connectivity index (χ0v) is 10.8. The van der Waals surface area contributed by atoms with Crippen molar-refractivity contribution in [3.8, 4) is 0 Å². The van der Waals surface area contributed by atoms with Gasteiger partial charge < -0.3 is 5.32 Å². The molecule has 0 aliphatic rings. The van der Waals surface area contributed by atoms with Crippen molar-refractivity contribution in [1.82, 2.24) is 5.32 Å². The Balaban J connectivity index is 3.65. The molecule has 0 spiro atoms. The van der Waals surface area contributed by atoms with Gasteiger partial charge in [0.1, 0.15) is 0 Å². The number of hydrogen-bond acceptors (Lipinski definition) is 1. The Morgan fingerprint density at radius 3 is 2.40 bits per heavy atom. The lowest BCUT2D eigenvalue weighted by atomic mass is 9.99. The van der Waals surface area contributed by atoms with Crippen molar-refractivity contribution < 1.29 is 4.79 Å². The SMILES string of the molecule is CCCCC(CC)CNC(=O)CC(C)C. The fourth-order valence-corrected chi connectivity index (χ4v) is 1.64. The molecule has 90 valence electrons. The molecule has 0 aromatic heterocycles. The maximum absolute atomic E-state index is 11.4. The number of carbonyl (C=O) groups excluding carboxylic acids is 1. The third-order valence-corrected chi connectivity index (χ3v) is 2.72. The molecule has 0 aliphatic carbocycles. The molecule has 0 aliphatic heterocycles. The average molecular weight is 213 g/mol. The molecule has 1 atom stereocenters. The molecule has 0 radical (unpaired) electrons. The van der Waals surface area contributed by atoms with E-state index in [4.69, 9.17) is 0 Å². The summed E-state index contributed by atoms with van der Waals surface area (Å²) >= 11 is 0. The quantitative estimate of drug-likeness (QED) is 0.658. The molecule has 2 nitrogen and oxygen atoms in total. The molecule has 0 saturated heterocycles. The fourth-order valence-electron chi connectivity index (χ4n) is 1.64. The Hall–Kier alpha value is -0.530. The van der Waals surface area contributed by atoms with Crippen molar-refractivity contribution in [2.24, 2.45) is 11.8 Å². The van der Waals surface area contributed by atoms with Crippen molar-refractivity contribution in [2.45, 2.75) is 59.8 Å². The number of hydrogen-bond donors (Lipinski definition) is 1. The number of carbonyl (C=O) groups is 1. The van der Waals surface area contributed by atoms with Gasteiger partial charge in [-0.1, -0.05) is 47.0 Å². The normalized spacial score (nSPS) is 12.9. The highest BCUT2D eigenvalue weighted by Crippen LogP contribution is 2.11. The zero-order valence-electron chi connectivity index (χ0n) is 10.8. The number of nitrogens with one attached hydrogen (secondary N) is 1. The molecule has 0 heterocycles. The smallest absolute Gasteiger partial charge is 0.220 e. The van der Waals surface area contributed by atoms with Crippen LogP contribution in [0, 0.1) is 11.8 Å². The first-order valence-corrected chi connectivity index (χ1v) is 6.36. The maximum atomic E-state index is 11.4. The minimum atomic E-state index is 0.208. The van der Waals surface area contributed by atoms with Crippen LogP contribution in [-0.2, 0) is 4.79 Å². The van der Waals surface area contributed by atoms with Crippen molar-refractivity contribution in [3.63, 3.8) is 0 Å². The molecule has 0 aromatic rings. The lowest BCUT2D eigenvalue weighted by Gasteiger charge is -2.15. The summed E-state index contributed by atoms with van der Waals surface area (Å²) in [4.78, 5) is 11.4. The largest absolute Gasteiger partial charge is 0.356 e. The van der Waals surface area contributed by atoms with Crippen LogP contribution in [0.3, 0.4) is 0 Å². The Labute approximate surface area is 94.8 Å². The van der Waals surface area contributed by atoms with Crippen LogP contribution in [-0.4, -0.2) is 12.5 Å². The number of rotatable bonds is 8. The predicted octanol–water partition coefficient (Wildman–Crippen LogP) is 3.37. The Morgan fingerprint density at radius 1 is 1.27 bits per heavy atom. The molecule has 0 rings (SSSR count). The van der Waals surface area contributed by atoms with Crippen molar-refractivity contribution in [1.29, 1.82) is 0 Å². The minimum Gasteiger partial charge on any atom is -0.356 e. The lowest BCUT2D eigenvalue weighted by molar-refractivity contribution is -0.122. The van der Waals surface area contributed by atoms with Gasteiger partial charge in [0.2, 0.25) is 5.91 Å². The van der Waals surface area contributed by atoms with E-state index in [9.17, 15) is 4.79 Å². The van der Waals surface area contributed by atoms with E-state index >= 15 is 0 Å². The zero-order chi connectivity index (χ0) is 11.7. The van der Waals surface area contributed by atoms with Crippen molar-refractivity contribution in [3.05, 3.63) is 0 Å². The van der Waals surface area contributed by atoms with E-state index in [2.05, 4.69) is 33.0 Å².